The van der Waals surface area contributed by atoms with Gasteiger partial charge in [-0.3, -0.25) is 14.5 Å². The molecule has 1 aromatic rings. The molecule has 0 saturated carbocycles. The molecule has 0 aliphatic carbocycles. The zero-order valence-electron chi connectivity index (χ0n) is 17.3. The van der Waals surface area contributed by atoms with Gasteiger partial charge in [0.15, 0.2) is 0 Å². The number of hydrogen-bond donors (Lipinski definition) is 2. The van der Waals surface area contributed by atoms with Crippen LogP contribution < -0.4 is 11.1 Å². The van der Waals surface area contributed by atoms with Crippen LogP contribution in [-0.2, 0) is 20.9 Å². The Kier molecular flexibility index (Phi) is 12.3. The van der Waals surface area contributed by atoms with Gasteiger partial charge in [-0.25, -0.2) is 0 Å². The molecule has 0 bridgehead atoms. The summed E-state index contributed by atoms with van der Waals surface area (Å²) in [5, 5.41) is 2.92. The molecule has 2 saturated heterocycles. The Morgan fingerprint density at radius 1 is 1.13 bits per heavy atom. The number of nitrogens with one attached hydrogen (secondary N) is 1. The van der Waals surface area contributed by atoms with Crippen molar-refractivity contribution in [3.05, 3.63) is 35.9 Å². The van der Waals surface area contributed by atoms with Crippen LogP contribution in [0.25, 0.3) is 0 Å². The number of carbonyl (C=O) groups is 2. The SMILES string of the molecule is Cl.Cl.NCCC(=O)NCC1CCCCN1C(=O)C1CN(Cc2ccccc2)CCO1. The maximum absolute atomic E-state index is 13.2. The van der Waals surface area contributed by atoms with Crippen LogP contribution in [0.3, 0.4) is 0 Å². The van der Waals surface area contributed by atoms with E-state index in [2.05, 4.69) is 22.3 Å². The van der Waals surface area contributed by atoms with E-state index in [1.165, 1.54) is 5.56 Å². The average molecular weight is 461 g/mol. The summed E-state index contributed by atoms with van der Waals surface area (Å²) in [5.74, 6) is -0.000962. The Morgan fingerprint density at radius 3 is 2.63 bits per heavy atom. The molecule has 170 valence electrons. The third-order valence-corrected chi connectivity index (χ3v) is 5.49. The fourth-order valence-electron chi connectivity index (χ4n) is 3.98. The third kappa shape index (κ3) is 7.71. The maximum atomic E-state index is 13.2. The zero-order valence-corrected chi connectivity index (χ0v) is 19.0. The van der Waals surface area contributed by atoms with Crippen LogP contribution in [0.15, 0.2) is 30.3 Å². The van der Waals surface area contributed by atoms with Crippen molar-refractivity contribution in [2.24, 2.45) is 5.73 Å². The lowest BCUT2D eigenvalue weighted by atomic mass is 10.0. The molecule has 3 rings (SSSR count). The van der Waals surface area contributed by atoms with Gasteiger partial charge in [0.25, 0.3) is 5.91 Å². The minimum Gasteiger partial charge on any atom is -0.366 e. The van der Waals surface area contributed by atoms with Crippen molar-refractivity contribution >= 4 is 36.6 Å². The van der Waals surface area contributed by atoms with Gasteiger partial charge in [0.2, 0.25) is 5.91 Å². The van der Waals surface area contributed by atoms with E-state index in [0.717, 1.165) is 38.9 Å². The highest BCUT2D eigenvalue weighted by molar-refractivity contribution is 5.85. The molecular weight excluding hydrogens is 427 g/mol. The van der Waals surface area contributed by atoms with Crippen molar-refractivity contribution in [2.75, 3.05) is 39.3 Å². The summed E-state index contributed by atoms with van der Waals surface area (Å²) in [6.45, 7) is 4.39. The fraction of sp³-hybridized carbons (Fsp3) is 0.619. The van der Waals surface area contributed by atoms with E-state index in [0.29, 0.717) is 32.7 Å². The Balaban J connectivity index is 0.00000225. The first kappa shape index (κ1) is 26.7. The molecular formula is C21H34Cl2N4O3. The molecule has 3 N–H and O–H groups in total. The van der Waals surface area contributed by atoms with E-state index in [-0.39, 0.29) is 42.7 Å². The number of benzene rings is 1. The number of nitrogens with zero attached hydrogens (tertiary/aromatic N) is 2. The number of amides is 2. The minimum atomic E-state index is -0.433. The van der Waals surface area contributed by atoms with Gasteiger partial charge in [0.05, 0.1) is 6.61 Å². The summed E-state index contributed by atoms with van der Waals surface area (Å²) < 4.78 is 5.84. The number of hydrogen-bond acceptors (Lipinski definition) is 5. The molecule has 2 aliphatic heterocycles. The Morgan fingerprint density at radius 2 is 1.90 bits per heavy atom. The molecule has 2 fully saturated rings. The van der Waals surface area contributed by atoms with E-state index in [9.17, 15) is 9.59 Å². The number of morpholine rings is 1. The van der Waals surface area contributed by atoms with E-state index in [1.807, 2.05) is 23.1 Å². The van der Waals surface area contributed by atoms with Crippen molar-refractivity contribution in [3.63, 3.8) is 0 Å². The summed E-state index contributed by atoms with van der Waals surface area (Å²) in [6, 6.07) is 10.3. The lowest BCUT2D eigenvalue weighted by Crippen LogP contribution is -2.56. The first-order valence-corrected chi connectivity index (χ1v) is 10.3. The molecule has 9 heteroatoms. The molecule has 2 unspecified atom stereocenters. The molecule has 30 heavy (non-hydrogen) atoms. The highest BCUT2D eigenvalue weighted by atomic mass is 35.5. The Bertz CT molecular complexity index is 650. The zero-order chi connectivity index (χ0) is 19.8. The second kappa shape index (κ2) is 13.8. The van der Waals surface area contributed by atoms with Crippen LogP contribution in [0.4, 0.5) is 0 Å². The van der Waals surface area contributed by atoms with Gasteiger partial charge in [0.1, 0.15) is 6.10 Å². The lowest BCUT2D eigenvalue weighted by Gasteiger charge is -2.40. The molecule has 2 heterocycles. The monoisotopic (exact) mass is 460 g/mol. The molecule has 0 aromatic heterocycles. The van der Waals surface area contributed by atoms with Crippen molar-refractivity contribution in [2.45, 2.75) is 44.4 Å². The molecule has 2 aliphatic rings. The lowest BCUT2D eigenvalue weighted by molar-refractivity contribution is -0.153. The molecule has 1 aromatic carbocycles. The first-order valence-electron chi connectivity index (χ1n) is 10.3. The van der Waals surface area contributed by atoms with Crippen LogP contribution in [0, 0.1) is 0 Å². The predicted octanol–water partition coefficient (Wildman–Crippen LogP) is 1.58. The second-order valence-electron chi connectivity index (χ2n) is 7.60. The van der Waals surface area contributed by atoms with Gasteiger partial charge in [0, 0.05) is 51.7 Å². The van der Waals surface area contributed by atoms with Crippen molar-refractivity contribution in [1.82, 2.24) is 15.1 Å². The highest BCUT2D eigenvalue weighted by Gasteiger charge is 2.34. The maximum Gasteiger partial charge on any atom is 0.253 e. The first-order chi connectivity index (χ1) is 13.7. The number of likely N-dealkylation sites (tertiary alicyclic amines) is 1. The largest absolute Gasteiger partial charge is 0.366 e. The summed E-state index contributed by atoms with van der Waals surface area (Å²) >= 11 is 0. The number of carbonyl (C=O) groups excluding carboxylic acids is 2. The molecule has 7 nitrogen and oxygen atoms in total. The van der Waals surface area contributed by atoms with E-state index in [4.69, 9.17) is 10.5 Å². The second-order valence-corrected chi connectivity index (χ2v) is 7.60. The molecule has 2 amide bonds. The minimum absolute atomic E-state index is 0. The Hall–Kier alpha value is -1.38. The van der Waals surface area contributed by atoms with E-state index < -0.39 is 6.10 Å². The van der Waals surface area contributed by atoms with Crippen molar-refractivity contribution in [3.8, 4) is 0 Å². The van der Waals surface area contributed by atoms with Crippen LogP contribution >= 0.6 is 24.8 Å². The molecule has 0 radical (unpaired) electrons. The van der Waals surface area contributed by atoms with Gasteiger partial charge in [-0.1, -0.05) is 30.3 Å². The normalized spacial score (nSPS) is 21.8. The number of ether oxygens (including phenoxy) is 1. The van der Waals surface area contributed by atoms with Crippen LogP contribution in [0.1, 0.15) is 31.2 Å². The predicted molar refractivity (Wildman–Crippen MR) is 122 cm³/mol. The van der Waals surface area contributed by atoms with Crippen LogP contribution in [0.5, 0.6) is 0 Å². The van der Waals surface area contributed by atoms with E-state index in [1.54, 1.807) is 0 Å². The standard InChI is InChI=1S/C21H32N4O3.2ClH/c22-10-9-20(26)23-14-18-8-4-5-11-25(18)21(27)19-16-24(12-13-28-19)15-17-6-2-1-3-7-17;;/h1-3,6-7,18-19H,4-5,8-16,22H2,(H,23,26);2*1H. The molecule has 2 atom stereocenters. The quantitative estimate of drug-likeness (QED) is 0.644. The van der Waals surface area contributed by atoms with Gasteiger partial charge >= 0.3 is 0 Å². The van der Waals surface area contributed by atoms with Gasteiger partial charge in [-0.05, 0) is 24.8 Å². The van der Waals surface area contributed by atoms with Crippen LogP contribution in [0.2, 0.25) is 0 Å². The van der Waals surface area contributed by atoms with Crippen molar-refractivity contribution in [1.29, 1.82) is 0 Å². The van der Waals surface area contributed by atoms with Gasteiger partial charge in [-0.2, -0.15) is 0 Å². The van der Waals surface area contributed by atoms with E-state index >= 15 is 0 Å². The average Bonchev–Trinajstić information content (AvgIpc) is 2.73. The summed E-state index contributed by atoms with van der Waals surface area (Å²) in [4.78, 5) is 29.1. The smallest absolute Gasteiger partial charge is 0.253 e. The van der Waals surface area contributed by atoms with Crippen molar-refractivity contribution < 1.29 is 14.3 Å². The third-order valence-electron chi connectivity index (χ3n) is 5.49. The van der Waals surface area contributed by atoms with Crippen LogP contribution in [-0.4, -0.2) is 73.1 Å². The summed E-state index contributed by atoms with van der Waals surface area (Å²) in [6.07, 6.45) is 2.88. The Labute approximate surface area is 191 Å². The fourth-order valence-corrected chi connectivity index (χ4v) is 3.98. The van der Waals surface area contributed by atoms with Gasteiger partial charge in [-0.15, -0.1) is 24.8 Å². The highest BCUT2D eigenvalue weighted by Crippen LogP contribution is 2.20. The number of rotatable bonds is 7. The van der Waals surface area contributed by atoms with Gasteiger partial charge < -0.3 is 20.7 Å². The number of nitrogens with two attached hydrogens (primary N) is 1. The molecule has 0 spiro atoms. The summed E-state index contributed by atoms with van der Waals surface area (Å²) in [7, 11) is 0. The summed E-state index contributed by atoms with van der Waals surface area (Å²) in [5.41, 5.74) is 6.68. The number of halogens is 2. The number of piperidine rings is 1. The topological polar surface area (TPSA) is 87.9 Å².